The average molecular weight is 261 g/mol. The van der Waals surface area contributed by atoms with Gasteiger partial charge in [-0.3, -0.25) is 4.79 Å². The Balaban J connectivity index is 1.75. The molecule has 0 amide bonds. The Bertz CT molecular complexity index is 431. The van der Waals surface area contributed by atoms with Gasteiger partial charge >= 0.3 is 5.97 Å². The summed E-state index contributed by atoms with van der Waals surface area (Å²) in [6.45, 7) is 2.23. The SMILES string of the molecule is CC1CCCC(OC(=O)CCc2cccc(N)c2)C1. The Morgan fingerprint density at radius 1 is 1.42 bits per heavy atom. The van der Waals surface area contributed by atoms with E-state index < -0.39 is 0 Å². The molecule has 2 unspecified atom stereocenters. The minimum absolute atomic E-state index is 0.0819. The molecule has 1 aliphatic rings. The molecule has 1 saturated carbocycles. The molecule has 1 aliphatic carbocycles. The zero-order valence-corrected chi connectivity index (χ0v) is 11.6. The standard InChI is InChI=1S/C16H23NO2/c1-12-4-2-7-15(10-12)19-16(18)9-8-13-5-3-6-14(17)11-13/h3,5-6,11-12,15H,2,4,7-10,17H2,1H3. The van der Waals surface area contributed by atoms with Crippen molar-refractivity contribution in [2.75, 3.05) is 5.73 Å². The van der Waals surface area contributed by atoms with E-state index in [1.807, 2.05) is 24.3 Å². The van der Waals surface area contributed by atoms with Gasteiger partial charge in [-0.15, -0.1) is 0 Å². The number of benzene rings is 1. The summed E-state index contributed by atoms with van der Waals surface area (Å²) in [4.78, 5) is 11.8. The highest BCUT2D eigenvalue weighted by Gasteiger charge is 2.21. The topological polar surface area (TPSA) is 52.3 Å². The number of ether oxygens (including phenoxy) is 1. The first-order chi connectivity index (χ1) is 9.13. The van der Waals surface area contributed by atoms with Crippen LogP contribution in [0.3, 0.4) is 0 Å². The van der Waals surface area contributed by atoms with E-state index in [4.69, 9.17) is 10.5 Å². The average Bonchev–Trinajstić information content (AvgIpc) is 2.36. The predicted octanol–water partition coefficient (Wildman–Crippen LogP) is 3.32. The van der Waals surface area contributed by atoms with Gasteiger partial charge in [0.05, 0.1) is 0 Å². The second kappa shape index (κ2) is 6.60. The Kier molecular flexibility index (Phi) is 4.83. The number of nitrogen functional groups attached to an aromatic ring is 1. The van der Waals surface area contributed by atoms with Crippen molar-refractivity contribution in [1.29, 1.82) is 0 Å². The third-order valence-corrected chi connectivity index (χ3v) is 3.76. The molecular formula is C16H23NO2. The van der Waals surface area contributed by atoms with Gasteiger partial charge in [0.1, 0.15) is 6.10 Å². The van der Waals surface area contributed by atoms with Crippen molar-refractivity contribution in [2.24, 2.45) is 5.92 Å². The zero-order chi connectivity index (χ0) is 13.7. The predicted molar refractivity (Wildman–Crippen MR) is 76.7 cm³/mol. The van der Waals surface area contributed by atoms with E-state index in [0.29, 0.717) is 18.8 Å². The number of rotatable bonds is 4. The van der Waals surface area contributed by atoms with E-state index in [9.17, 15) is 4.79 Å². The van der Waals surface area contributed by atoms with Gasteiger partial charge in [0.15, 0.2) is 0 Å². The van der Waals surface area contributed by atoms with E-state index in [2.05, 4.69) is 6.92 Å². The van der Waals surface area contributed by atoms with Crippen LogP contribution in [-0.4, -0.2) is 12.1 Å². The largest absolute Gasteiger partial charge is 0.462 e. The van der Waals surface area contributed by atoms with Crippen LogP contribution in [0.25, 0.3) is 0 Å². The molecule has 3 nitrogen and oxygen atoms in total. The number of carbonyl (C=O) groups is 1. The highest BCUT2D eigenvalue weighted by Crippen LogP contribution is 2.26. The van der Waals surface area contributed by atoms with Crippen LogP contribution < -0.4 is 5.73 Å². The van der Waals surface area contributed by atoms with Crippen LogP contribution in [0.1, 0.15) is 44.6 Å². The molecule has 1 aromatic rings. The minimum atomic E-state index is -0.0819. The van der Waals surface area contributed by atoms with Crippen molar-refractivity contribution in [3.05, 3.63) is 29.8 Å². The Hall–Kier alpha value is -1.51. The molecule has 2 N–H and O–H groups in total. The summed E-state index contributed by atoms with van der Waals surface area (Å²) in [5, 5.41) is 0. The van der Waals surface area contributed by atoms with Gasteiger partial charge in [0, 0.05) is 12.1 Å². The molecule has 0 heterocycles. The molecule has 0 aromatic heterocycles. The van der Waals surface area contributed by atoms with E-state index in [1.165, 1.54) is 12.8 Å². The fourth-order valence-electron chi connectivity index (χ4n) is 2.73. The number of esters is 1. The van der Waals surface area contributed by atoms with Crippen molar-refractivity contribution in [2.45, 2.75) is 51.6 Å². The molecular weight excluding hydrogens is 238 g/mol. The van der Waals surface area contributed by atoms with E-state index in [1.54, 1.807) is 0 Å². The summed E-state index contributed by atoms with van der Waals surface area (Å²) in [5.41, 5.74) is 7.55. The summed E-state index contributed by atoms with van der Waals surface area (Å²) in [6.07, 6.45) is 5.75. The fourth-order valence-corrected chi connectivity index (χ4v) is 2.73. The van der Waals surface area contributed by atoms with Crippen LogP contribution >= 0.6 is 0 Å². The molecule has 0 bridgehead atoms. The van der Waals surface area contributed by atoms with E-state index >= 15 is 0 Å². The lowest BCUT2D eigenvalue weighted by atomic mass is 9.89. The normalized spacial score (nSPS) is 23.0. The number of anilines is 1. The van der Waals surface area contributed by atoms with E-state index in [0.717, 1.165) is 24.1 Å². The summed E-state index contributed by atoms with van der Waals surface area (Å²) < 4.78 is 5.54. The first kappa shape index (κ1) is 13.9. The van der Waals surface area contributed by atoms with Crippen molar-refractivity contribution < 1.29 is 9.53 Å². The molecule has 0 spiro atoms. The van der Waals surface area contributed by atoms with Gasteiger partial charge in [-0.1, -0.05) is 25.5 Å². The molecule has 19 heavy (non-hydrogen) atoms. The maximum Gasteiger partial charge on any atom is 0.306 e. The second-order valence-corrected chi connectivity index (χ2v) is 5.63. The van der Waals surface area contributed by atoms with Crippen LogP contribution in [-0.2, 0) is 16.0 Å². The first-order valence-electron chi connectivity index (χ1n) is 7.17. The number of aryl methyl sites for hydroxylation is 1. The number of hydrogen-bond donors (Lipinski definition) is 1. The Morgan fingerprint density at radius 3 is 3.00 bits per heavy atom. The third-order valence-electron chi connectivity index (χ3n) is 3.76. The van der Waals surface area contributed by atoms with Crippen LogP contribution in [0.15, 0.2) is 24.3 Å². The van der Waals surface area contributed by atoms with Crippen molar-refractivity contribution in [1.82, 2.24) is 0 Å². The highest BCUT2D eigenvalue weighted by atomic mass is 16.5. The Morgan fingerprint density at radius 2 is 2.26 bits per heavy atom. The van der Waals surface area contributed by atoms with Crippen LogP contribution in [0.4, 0.5) is 5.69 Å². The monoisotopic (exact) mass is 261 g/mol. The smallest absolute Gasteiger partial charge is 0.306 e. The molecule has 3 heteroatoms. The Labute approximate surface area is 115 Å². The van der Waals surface area contributed by atoms with Crippen molar-refractivity contribution in [3.8, 4) is 0 Å². The molecule has 2 rings (SSSR count). The summed E-state index contributed by atoms with van der Waals surface area (Å²) in [6, 6.07) is 7.67. The maximum atomic E-state index is 11.8. The number of hydrogen-bond acceptors (Lipinski definition) is 3. The van der Waals surface area contributed by atoms with E-state index in [-0.39, 0.29) is 12.1 Å². The first-order valence-corrected chi connectivity index (χ1v) is 7.17. The van der Waals surface area contributed by atoms with Crippen LogP contribution in [0.2, 0.25) is 0 Å². The van der Waals surface area contributed by atoms with Gasteiger partial charge in [0.25, 0.3) is 0 Å². The summed E-state index contributed by atoms with van der Waals surface area (Å²) >= 11 is 0. The van der Waals surface area contributed by atoms with Gasteiger partial charge in [-0.05, 0) is 49.3 Å². The number of nitrogens with two attached hydrogens (primary N) is 1. The number of carbonyl (C=O) groups excluding carboxylic acids is 1. The van der Waals surface area contributed by atoms with Crippen LogP contribution in [0, 0.1) is 5.92 Å². The van der Waals surface area contributed by atoms with Crippen molar-refractivity contribution in [3.63, 3.8) is 0 Å². The second-order valence-electron chi connectivity index (χ2n) is 5.63. The summed E-state index contributed by atoms with van der Waals surface area (Å²) in [7, 11) is 0. The lowest BCUT2D eigenvalue weighted by Gasteiger charge is -2.26. The lowest BCUT2D eigenvalue weighted by molar-refractivity contribution is -0.151. The maximum absolute atomic E-state index is 11.8. The van der Waals surface area contributed by atoms with Gasteiger partial charge in [-0.2, -0.15) is 0 Å². The van der Waals surface area contributed by atoms with Gasteiger partial charge in [0.2, 0.25) is 0 Å². The van der Waals surface area contributed by atoms with Crippen molar-refractivity contribution >= 4 is 11.7 Å². The third kappa shape index (κ3) is 4.58. The summed E-state index contributed by atoms with van der Waals surface area (Å²) in [5.74, 6) is 0.599. The lowest BCUT2D eigenvalue weighted by Crippen LogP contribution is -2.24. The molecule has 0 saturated heterocycles. The quantitative estimate of drug-likeness (QED) is 0.668. The molecule has 104 valence electrons. The highest BCUT2D eigenvalue weighted by molar-refractivity contribution is 5.70. The molecule has 2 atom stereocenters. The fraction of sp³-hybridized carbons (Fsp3) is 0.562. The van der Waals surface area contributed by atoms with Crippen LogP contribution in [0.5, 0.6) is 0 Å². The minimum Gasteiger partial charge on any atom is -0.462 e. The van der Waals surface area contributed by atoms with Gasteiger partial charge in [-0.25, -0.2) is 0 Å². The zero-order valence-electron chi connectivity index (χ0n) is 11.6. The molecule has 1 fully saturated rings. The molecule has 0 radical (unpaired) electrons. The van der Waals surface area contributed by atoms with Gasteiger partial charge < -0.3 is 10.5 Å². The molecule has 1 aromatic carbocycles. The molecule has 0 aliphatic heterocycles.